The van der Waals surface area contributed by atoms with Crippen molar-refractivity contribution >= 4 is 19.0 Å². The molecule has 3 heterocycles. The van der Waals surface area contributed by atoms with Crippen LogP contribution in [0.15, 0.2) is 12.7 Å². The fourth-order valence-corrected chi connectivity index (χ4v) is 3.99. The van der Waals surface area contributed by atoms with Gasteiger partial charge in [-0.2, -0.15) is 15.5 Å². The maximum atomic E-state index is 12.7. The number of aromatic hydroxyl groups is 1. The minimum absolute atomic E-state index is 0.0687. The molecule has 0 aromatic carbocycles. The van der Waals surface area contributed by atoms with Gasteiger partial charge in [0.2, 0.25) is 5.88 Å². The largest absolute Gasteiger partial charge is 0.492 e. The quantitative estimate of drug-likeness (QED) is 0.323. The van der Waals surface area contributed by atoms with Crippen LogP contribution in [-0.4, -0.2) is 73.0 Å². The molecular formula is C16H19N6O8P. The summed E-state index contributed by atoms with van der Waals surface area (Å²) in [4.78, 5) is 11.6. The van der Waals surface area contributed by atoms with E-state index in [2.05, 4.69) is 15.0 Å². The lowest BCUT2D eigenvalue weighted by atomic mass is 10.1. The third-order valence-electron chi connectivity index (χ3n) is 4.27. The van der Waals surface area contributed by atoms with E-state index in [9.17, 15) is 19.9 Å². The normalized spacial score (nSPS) is 23.6. The number of rotatable bonds is 10. The molecule has 15 heteroatoms. The van der Waals surface area contributed by atoms with Gasteiger partial charge in [0.05, 0.1) is 51.1 Å². The minimum Gasteiger partial charge on any atom is -0.492 e. The van der Waals surface area contributed by atoms with E-state index in [1.54, 1.807) is 0 Å². The zero-order chi connectivity index (χ0) is 22.4. The molecule has 1 fully saturated rings. The average molecular weight is 454 g/mol. The van der Waals surface area contributed by atoms with Crippen LogP contribution in [0.5, 0.6) is 5.88 Å². The van der Waals surface area contributed by atoms with Gasteiger partial charge in [0.25, 0.3) is 0 Å². The van der Waals surface area contributed by atoms with Crippen molar-refractivity contribution in [1.82, 2.24) is 19.5 Å². The highest BCUT2D eigenvalue weighted by molar-refractivity contribution is 7.48. The predicted molar refractivity (Wildman–Crippen MR) is 98.8 cm³/mol. The molecule has 166 valence electrons. The Morgan fingerprint density at radius 1 is 1.10 bits per heavy atom. The molecule has 1 aliphatic rings. The minimum atomic E-state index is -4.15. The third kappa shape index (κ3) is 5.15. The van der Waals surface area contributed by atoms with Crippen LogP contribution in [0.25, 0.3) is 11.2 Å². The van der Waals surface area contributed by atoms with E-state index < -0.39 is 39.0 Å². The fourth-order valence-electron chi connectivity index (χ4n) is 2.81. The summed E-state index contributed by atoms with van der Waals surface area (Å²) in [5, 5.41) is 47.7. The Hall–Kier alpha value is -2.68. The highest BCUT2D eigenvalue weighted by Crippen LogP contribution is 2.50. The van der Waals surface area contributed by atoms with Crippen LogP contribution in [0.1, 0.15) is 19.1 Å². The summed E-state index contributed by atoms with van der Waals surface area (Å²) < 4.78 is 34.9. The molecule has 1 aliphatic heterocycles. The summed E-state index contributed by atoms with van der Waals surface area (Å²) in [6.45, 7) is -0.953. The summed E-state index contributed by atoms with van der Waals surface area (Å²) in [6.07, 6.45) is -2.93. The van der Waals surface area contributed by atoms with E-state index >= 15 is 0 Å². The molecule has 0 amide bonds. The molecule has 0 radical (unpaired) electrons. The molecule has 1 saturated heterocycles. The van der Waals surface area contributed by atoms with Gasteiger partial charge in [-0.3, -0.25) is 18.1 Å². The van der Waals surface area contributed by atoms with Crippen molar-refractivity contribution in [2.24, 2.45) is 0 Å². The second-order valence-electron chi connectivity index (χ2n) is 6.29. The number of phosphoric acid groups is 1. The first-order chi connectivity index (χ1) is 14.9. The molecule has 0 spiro atoms. The number of aliphatic hydroxyl groups is 2. The highest BCUT2D eigenvalue weighted by atomic mass is 31.2. The molecule has 3 rings (SSSR count). The zero-order valence-electron chi connectivity index (χ0n) is 16.0. The Labute approximate surface area is 175 Å². The van der Waals surface area contributed by atoms with Gasteiger partial charge in [-0.25, -0.2) is 14.5 Å². The van der Waals surface area contributed by atoms with Crippen LogP contribution in [0.4, 0.5) is 0 Å². The Morgan fingerprint density at radius 2 is 1.77 bits per heavy atom. The van der Waals surface area contributed by atoms with Crippen molar-refractivity contribution in [3.8, 4) is 18.0 Å². The lowest BCUT2D eigenvalue weighted by molar-refractivity contribution is -0.0525. The standard InChI is InChI=1S/C16H19N6O8P/c17-3-1-5-27-31(26,28-6-2-4-18)29-7-10-12(23)13(24)16(30-10)22-9-21-11-14(22)19-8-20-15(11)25/h8-10,12-13,16,23-24H,1-2,5-7H2,(H,19,20,25)/t10-,12-,13-,16-/m1/s1. The van der Waals surface area contributed by atoms with Gasteiger partial charge in [0, 0.05) is 0 Å². The van der Waals surface area contributed by atoms with Gasteiger partial charge in [-0.1, -0.05) is 0 Å². The first kappa shape index (κ1) is 23.0. The lowest BCUT2D eigenvalue weighted by Crippen LogP contribution is -2.33. The SMILES string of the molecule is N#CCCOP(=O)(OCCC#N)OC[C@H]1O[C@@H](n2cnc3c(O)ncnc32)[C@H](O)[C@@H]1O. The summed E-state index contributed by atoms with van der Waals surface area (Å²) in [5.74, 6) is -0.360. The van der Waals surface area contributed by atoms with Gasteiger partial charge in [0.1, 0.15) is 24.6 Å². The van der Waals surface area contributed by atoms with E-state index in [0.29, 0.717) is 0 Å². The van der Waals surface area contributed by atoms with Crippen molar-refractivity contribution in [2.75, 3.05) is 19.8 Å². The molecular weight excluding hydrogens is 435 g/mol. The number of hydrogen-bond acceptors (Lipinski definition) is 13. The van der Waals surface area contributed by atoms with Gasteiger partial charge >= 0.3 is 7.82 Å². The summed E-state index contributed by atoms with van der Waals surface area (Å²) >= 11 is 0. The number of nitriles is 2. The molecule has 0 bridgehead atoms. The molecule has 3 N–H and O–H groups in total. The van der Waals surface area contributed by atoms with E-state index in [4.69, 9.17) is 28.8 Å². The van der Waals surface area contributed by atoms with Gasteiger partial charge in [0.15, 0.2) is 17.4 Å². The number of phosphoric ester groups is 1. The first-order valence-electron chi connectivity index (χ1n) is 9.06. The van der Waals surface area contributed by atoms with Crippen molar-refractivity contribution < 1.29 is 38.2 Å². The Balaban J connectivity index is 1.70. The number of nitrogens with zero attached hydrogens (tertiary/aromatic N) is 6. The predicted octanol–water partition coefficient (Wildman–Crippen LogP) is 0.136. The second-order valence-corrected chi connectivity index (χ2v) is 7.96. The summed E-state index contributed by atoms with van der Waals surface area (Å²) in [5.41, 5.74) is 0.240. The average Bonchev–Trinajstić information content (AvgIpc) is 3.30. The van der Waals surface area contributed by atoms with Crippen LogP contribution in [0.3, 0.4) is 0 Å². The molecule has 0 unspecified atom stereocenters. The smallest absolute Gasteiger partial charge is 0.474 e. The van der Waals surface area contributed by atoms with E-state index in [1.807, 2.05) is 12.1 Å². The van der Waals surface area contributed by atoms with Crippen LogP contribution in [0, 0.1) is 22.7 Å². The Bertz CT molecular complexity index is 1010. The van der Waals surface area contributed by atoms with Crippen LogP contribution >= 0.6 is 7.82 Å². The molecule has 0 aliphatic carbocycles. The van der Waals surface area contributed by atoms with Crippen molar-refractivity contribution in [3.63, 3.8) is 0 Å². The van der Waals surface area contributed by atoms with Gasteiger partial charge in [-0.05, 0) is 0 Å². The van der Waals surface area contributed by atoms with Crippen molar-refractivity contribution in [1.29, 1.82) is 10.5 Å². The molecule has 2 aromatic heterocycles. The molecule has 2 aromatic rings. The third-order valence-corrected chi connectivity index (χ3v) is 5.74. The number of fused-ring (bicyclic) bond motifs is 1. The number of imidazole rings is 1. The maximum absolute atomic E-state index is 12.7. The fraction of sp³-hybridized carbons (Fsp3) is 0.562. The molecule has 31 heavy (non-hydrogen) atoms. The number of ether oxygens (including phenoxy) is 1. The maximum Gasteiger partial charge on any atom is 0.474 e. The summed E-state index contributed by atoms with van der Waals surface area (Å²) in [6, 6.07) is 3.63. The van der Waals surface area contributed by atoms with Crippen LogP contribution in [0.2, 0.25) is 0 Å². The van der Waals surface area contributed by atoms with Gasteiger partial charge in [-0.15, -0.1) is 0 Å². The summed E-state index contributed by atoms with van der Waals surface area (Å²) in [7, 11) is -4.15. The Kier molecular flexibility index (Phi) is 7.48. The molecule has 0 saturated carbocycles. The monoisotopic (exact) mass is 454 g/mol. The van der Waals surface area contributed by atoms with E-state index in [0.717, 1.165) is 6.33 Å². The first-order valence-corrected chi connectivity index (χ1v) is 10.5. The lowest BCUT2D eigenvalue weighted by Gasteiger charge is -2.20. The van der Waals surface area contributed by atoms with Crippen LogP contribution in [-0.2, 0) is 22.9 Å². The number of aromatic nitrogens is 4. The number of hydrogen-bond donors (Lipinski definition) is 3. The number of aliphatic hydroxyl groups excluding tert-OH is 2. The van der Waals surface area contributed by atoms with E-state index in [1.165, 1.54) is 10.9 Å². The Morgan fingerprint density at radius 3 is 2.42 bits per heavy atom. The van der Waals surface area contributed by atoms with E-state index in [-0.39, 0.29) is 43.1 Å². The van der Waals surface area contributed by atoms with Crippen molar-refractivity contribution in [2.45, 2.75) is 37.4 Å². The van der Waals surface area contributed by atoms with Crippen molar-refractivity contribution in [3.05, 3.63) is 12.7 Å². The second kappa shape index (κ2) is 10.1. The zero-order valence-corrected chi connectivity index (χ0v) is 16.9. The molecule has 4 atom stereocenters. The van der Waals surface area contributed by atoms with Crippen LogP contribution < -0.4 is 0 Å². The highest BCUT2D eigenvalue weighted by Gasteiger charge is 2.45. The molecule has 14 nitrogen and oxygen atoms in total. The van der Waals surface area contributed by atoms with Gasteiger partial charge < -0.3 is 20.1 Å². The topological polar surface area (TPSA) is 206 Å².